The van der Waals surface area contributed by atoms with Crippen LogP contribution in [0.2, 0.25) is 0 Å². The SMILES string of the molecule is CC(C)C(CO)Nc1ccc(N)nc1. The molecule has 0 bridgehead atoms. The number of nitrogens with zero attached hydrogens (tertiary/aromatic N) is 1. The molecule has 4 heteroatoms. The summed E-state index contributed by atoms with van der Waals surface area (Å²) in [5.41, 5.74) is 6.34. The highest BCUT2D eigenvalue weighted by molar-refractivity contribution is 5.46. The van der Waals surface area contributed by atoms with E-state index in [4.69, 9.17) is 10.8 Å². The molecule has 0 aliphatic heterocycles. The fourth-order valence-corrected chi connectivity index (χ4v) is 1.13. The van der Waals surface area contributed by atoms with Gasteiger partial charge in [0.15, 0.2) is 0 Å². The molecule has 0 aliphatic carbocycles. The van der Waals surface area contributed by atoms with Gasteiger partial charge in [-0.15, -0.1) is 0 Å². The van der Waals surface area contributed by atoms with Crippen molar-refractivity contribution in [1.82, 2.24) is 4.98 Å². The summed E-state index contributed by atoms with van der Waals surface area (Å²) in [5, 5.41) is 12.3. The molecular weight excluding hydrogens is 178 g/mol. The number of aromatic nitrogens is 1. The normalized spacial score (nSPS) is 12.9. The molecule has 1 aromatic rings. The molecule has 1 unspecified atom stereocenters. The number of nitrogens with two attached hydrogens (primary N) is 1. The molecule has 78 valence electrons. The van der Waals surface area contributed by atoms with E-state index >= 15 is 0 Å². The molecule has 0 radical (unpaired) electrons. The third kappa shape index (κ3) is 2.88. The number of aliphatic hydroxyl groups is 1. The van der Waals surface area contributed by atoms with E-state index in [2.05, 4.69) is 24.1 Å². The van der Waals surface area contributed by atoms with Crippen LogP contribution in [0, 0.1) is 5.92 Å². The Morgan fingerprint density at radius 1 is 1.50 bits per heavy atom. The number of nitrogens with one attached hydrogen (secondary N) is 1. The first-order valence-corrected chi connectivity index (χ1v) is 4.72. The molecule has 0 fully saturated rings. The van der Waals surface area contributed by atoms with E-state index in [1.165, 1.54) is 0 Å². The van der Waals surface area contributed by atoms with Crippen LogP contribution in [-0.2, 0) is 0 Å². The van der Waals surface area contributed by atoms with Gasteiger partial charge in [-0.3, -0.25) is 0 Å². The van der Waals surface area contributed by atoms with Crippen LogP contribution in [0.25, 0.3) is 0 Å². The number of anilines is 2. The smallest absolute Gasteiger partial charge is 0.123 e. The minimum absolute atomic E-state index is 0.0559. The Bertz CT molecular complexity index is 271. The monoisotopic (exact) mass is 195 g/mol. The average Bonchev–Trinajstić information content (AvgIpc) is 2.16. The molecule has 0 amide bonds. The number of rotatable bonds is 4. The van der Waals surface area contributed by atoms with Crippen LogP contribution in [-0.4, -0.2) is 22.7 Å². The van der Waals surface area contributed by atoms with Gasteiger partial charge in [-0.25, -0.2) is 4.98 Å². The second-order valence-corrected chi connectivity index (χ2v) is 3.65. The molecule has 4 N–H and O–H groups in total. The summed E-state index contributed by atoms with van der Waals surface area (Å²) >= 11 is 0. The van der Waals surface area contributed by atoms with Gasteiger partial charge in [0, 0.05) is 0 Å². The van der Waals surface area contributed by atoms with Crippen molar-refractivity contribution in [2.24, 2.45) is 5.92 Å². The van der Waals surface area contributed by atoms with Crippen molar-refractivity contribution in [2.45, 2.75) is 19.9 Å². The minimum atomic E-state index is 0.0559. The number of hydrogen-bond donors (Lipinski definition) is 3. The second-order valence-electron chi connectivity index (χ2n) is 3.65. The molecule has 1 heterocycles. The molecule has 1 aromatic heterocycles. The van der Waals surface area contributed by atoms with Crippen molar-refractivity contribution in [3.8, 4) is 0 Å². The summed E-state index contributed by atoms with van der Waals surface area (Å²) < 4.78 is 0. The van der Waals surface area contributed by atoms with Crippen molar-refractivity contribution >= 4 is 11.5 Å². The van der Waals surface area contributed by atoms with Gasteiger partial charge in [0.2, 0.25) is 0 Å². The van der Waals surface area contributed by atoms with Crippen molar-refractivity contribution in [2.75, 3.05) is 17.7 Å². The Balaban J connectivity index is 2.63. The van der Waals surface area contributed by atoms with E-state index in [9.17, 15) is 0 Å². The number of aliphatic hydroxyl groups excluding tert-OH is 1. The van der Waals surface area contributed by atoms with E-state index in [1.54, 1.807) is 12.3 Å². The van der Waals surface area contributed by atoms with Gasteiger partial charge in [0.1, 0.15) is 5.82 Å². The van der Waals surface area contributed by atoms with Crippen molar-refractivity contribution in [3.63, 3.8) is 0 Å². The van der Waals surface area contributed by atoms with Crippen LogP contribution in [0.1, 0.15) is 13.8 Å². The van der Waals surface area contributed by atoms with Gasteiger partial charge in [0.25, 0.3) is 0 Å². The van der Waals surface area contributed by atoms with Crippen LogP contribution in [0.15, 0.2) is 18.3 Å². The Morgan fingerprint density at radius 2 is 2.21 bits per heavy atom. The lowest BCUT2D eigenvalue weighted by molar-refractivity contribution is 0.249. The molecule has 1 atom stereocenters. The second kappa shape index (κ2) is 4.81. The quantitative estimate of drug-likeness (QED) is 0.672. The zero-order valence-electron chi connectivity index (χ0n) is 8.57. The zero-order valence-corrected chi connectivity index (χ0v) is 8.57. The van der Waals surface area contributed by atoms with Crippen molar-refractivity contribution in [3.05, 3.63) is 18.3 Å². The lowest BCUT2D eigenvalue weighted by Crippen LogP contribution is -2.29. The summed E-state index contributed by atoms with van der Waals surface area (Å²) in [6.45, 7) is 4.22. The van der Waals surface area contributed by atoms with Crippen LogP contribution >= 0.6 is 0 Å². The maximum absolute atomic E-state index is 9.10. The summed E-state index contributed by atoms with van der Waals surface area (Å²) in [5.74, 6) is 0.873. The van der Waals surface area contributed by atoms with E-state index in [0.29, 0.717) is 11.7 Å². The summed E-state index contributed by atoms with van der Waals surface area (Å²) in [6, 6.07) is 3.64. The van der Waals surface area contributed by atoms with E-state index < -0.39 is 0 Å². The Morgan fingerprint density at radius 3 is 2.64 bits per heavy atom. The first-order valence-electron chi connectivity index (χ1n) is 4.72. The molecule has 0 saturated heterocycles. The predicted octanol–water partition coefficient (Wildman–Crippen LogP) is 1.09. The lowest BCUT2D eigenvalue weighted by atomic mass is 10.1. The third-order valence-electron chi connectivity index (χ3n) is 2.14. The predicted molar refractivity (Wildman–Crippen MR) is 58.0 cm³/mol. The minimum Gasteiger partial charge on any atom is -0.394 e. The standard InChI is InChI=1S/C10H17N3O/c1-7(2)9(6-14)13-8-3-4-10(11)12-5-8/h3-5,7,9,13-14H,6H2,1-2H3,(H2,11,12). The largest absolute Gasteiger partial charge is 0.394 e. The molecule has 0 spiro atoms. The van der Waals surface area contributed by atoms with Gasteiger partial charge in [-0.05, 0) is 18.1 Å². The van der Waals surface area contributed by atoms with Crippen LogP contribution in [0.4, 0.5) is 11.5 Å². The van der Waals surface area contributed by atoms with Gasteiger partial charge in [-0.2, -0.15) is 0 Å². The Labute approximate surface area is 84.2 Å². The first-order chi connectivity index (χ1) is 6.63. The van der Waals surface area contributed by atoms with Crippen molar-refractivity contribution in [1.29, 1.82) is 0 Å². The zero-order chi connectivity index (χ0) is 10.6. The third-order valence-corrected chi connectivity index (χ3v) is 2.14. The molecular formula is C10H17N3O. The molecule has 0 saturated carbocycles. The number of pyridine rings is 1. The van der Waals surface area contributed by atoms with Crippen molar-refractivity contribution < 1.29 is 5.11 Å². The highest BCUT2D eigenvalue weighted by Gasteiger charge is 2.11. The number of nitrogen functional groups attached to an aromatic ring is 1. The maximum atomic E-state index is 9.10. The Hall–Kier alpha value is -1.29. The number of hydrogen-bond acceptors (Lipinski definition) is 4. The van der Waals surface area contributed by atoms with E-state index in [0.717, 1.165) is 5.69 Å². The molecule has 14 heavy (non-hydrogen) atoms. The first kappa shape index (κ1) is 10.8. The van der Waals surface area contributed by atoms with Gasteiger partial charge in [0.05, 0.1) is 24.5 Å². The van der Waals surface area contributed by atoms with Crippen LogP contribution in [0.5, 0.6) is 0 Å². The van der Waals surface area contributed by atoms with Crippen LogP contribution < -0.4 is 11.1 Å². The topological polar surface area (TPSA) is 71.2 Å². The van der Waals surface area contributed by atoms with Crippen LogP contribution in [0.3, 0.4) is 0 Å². The molecule has 0 aromatic carbocycles. The fraction of sp³-hybridized carbons (Fsp3) is 0.500. The Kier molecular flexibility index (Phi) is 3.71. The highest BCUT2D eigenvalue weighted by Crippen LogP contribution is 2.12. The molecule has 4 nitrogen and oxygen atoms in total. The van der Waals surface area contributed by atoms with Gasteiger partial charge in [-0.1, -0.05) is 13.8 Å². The lowest BCUT2D eigenvalue weighted by Gasteiger charge is -2.20. The average molecular weight is 195 g/mol. The van der Waals surface area contributed by atoms with Gasteiger partial charge < -0.3 is 16.2 Å². The summed E-state index contributed by atoms with van der Waals surface area (Å²) in [6.07, 6.45) is 1.67. The maximum Gasteiger partial charge on any atom is 0.123 e. The van der Waals surface area contributed by atoms with E-state index in [-0.39, 0.29) is 12.6 Å². The summed E-state index contributed by atoms with van der Waals surface area (Å²) in [4.78, 5) is 3.96. The van der Waals surface area contributed by atoms with Gasteiger partial charge >= 0.3 is 0 Å². The molecule has 1 rings (SSSR count). The summed E-state index contributed by atoms with van der Waals surface area (Å²) in [7, 11) is 0. The highest BCUT2D eigenvalue weighted by atomic mass is 16.3. The fourth-order valence-electron chi connectivity index (χ4n) is 1.13. The van der Waals surface area contributed by atoms with E-state index in [1.807, 2.05) is 6.07 Å². The molecule has 0 aliphatic rings.